The van der Waals surface area contributed by atoms with Gasteiger partial charge in [-0.1, -0.05) is 12.1 Å². The number of hydrogen-bond acceptors (Lipinski definition) is 2. The van der Waals surface area contributed by atoms with Crippen molar-refractivity contribution < 1.29 is 14.7 Å². The minimum atomic E-state index is -0.878. The van der Waals surface area contributed by atoms with Crippen molar-refractivity contribution in [2.75, 3.05) is 11.9 Å². The van der Waals surface area contributed by atoms with Crippen molar-refractivity contribution in [3.63, 3.8) is 0 Å². The van der Waals surface area contributed by atoms with Crippen LogP contribution in [-0.4, -0.2) is 34.6 Å². The number of urea groups is 1. The number of nitrogens with one attached hydrogen (secondary N) is 1. The van der Waals surface area contributed by atoms with Gasteiger partial charge in [0.25, 0.3) is 0 Å². The first-order valence-electron chi connectivity index (χ1n) is 6.44. The Bertz CT molecular complexity index is 487. The van der Waals surface area contributed by atoms with Gasteiger partial charge in [0.2, 0.25) is 0 Å². The van der Waals surface area contributed by atoms with E-state index in [-0.39, 0.29) is 18.5 Å². The minimum absolute atomic E-state index is 0.0379. The van der Waals surface area contributed by atoms with Crippen molar-refractivity contribution in [1.29, 1.82) is 0 Å². The van der Waals surface area contributed by atoms with Crippen LogP contribution in [0.1, 0.15) is 25.3 Å². The number of carboxylic acids is 1. The molecule has 0 radical (unpaired) electrons. The normalized spacial score (nSPS) is 18.4. The summed E-state index contributed by atoms with van der Waals surface area (Å²) in [5.74, 6) is -0.878. The average Bonchev–Trinajstić information content (AvgIpc) is 2.75. The van der Waals surface area contributed by atoms with Gasteiger partial charge in [0, 0.05) is 18.3 Å². The second-order valence-corrected chi connectivity index (χ2v) is 4.89. The van der Waals surface area contributed by atoms with Gasteiger partial charge in [0.15, 0.2) is 0 Å². The van der Waals surface area contributed by atoms with Crippen molar-refractivity contribution in [3.8, 4) is 0 Å². The van der Waals surface area contributed by atoms with E-state index in [1.807, 2.05) is 11.8 Å². The fourth-order valence-corrected chi connectivity index (χ4v) is 2.36. The van der Waals surface area contributed by atoms with E-state index < -0.39 is 5.97 Å². The number of anilines is 1. The molecule has 1 saturated heterocycles. The molecule has 1 atom stereocenters. The summed E-state index contributed by atoms with van der Waals surface area (Å²) in [4.78, 5) is 24.5. The molecule has 1 aromatic carbocycles. The van der Waals surface area contributed by atoms with E-state index in [4.69, 9.17) is 5.11 Å². The lowest BCUT2D eigenvalue weighted by Gasteiger charge is -2.21. The number of amides is 2. The number of carbonyl (C=O) groups is 2. The lowest BCUT2D eigenvalue weighted by atomic mass is 10.1. The predicted octanol–water partition coefficient (Wildman–Crippen LogP) is 2.33. The molecular weight excluding hydrogens is 244 g/mol. The predicted molar refractivity (Wildman–Crippen MR) is 72.2 cm³/mol. The van der Waals surface area contributed by atoms with Crippen LogP contribution >= 0.6 is 0 Å². The van der Waals surface area contributed by atoms with Crippen LogP contribution in [0.15, 0.2) is 24.3 Å². The molecule has 1 aliphatic rings. The number of likely N-dealkylation sites (tertiary alicyclic amines) is 1. The van der Waals surface area contributed by atoms with Gasteiger partial charge in [0.05, 0.1) is 6.42 Å². The summed E-state index contributed by atoms with van der Waals surface area (Å²) in [6.07, 6.45) is 2.03. The molecule has 0 spiro atoms. The van der Waals surface area contributed by atoms with E-state index in [1.54, 1.807) is 24.3 Å². The number of aliphatic carboxylic acids is 1. The molecular formula is C14H18N2O3. The fourth-order valence-electron chi connectivity index (χ4n) is 2.36. The van der Waals surface area contributed by atoms with Gasteiger partial charge in [-0.25, -0.2) is 4.79 Å². The van der Waals surface area contributed by atoms with E-state index in [1.165, 1.54) is 0 Å². The second-order valence-electron chi connectivity index (χ2n) is 4.89. The zero-order chi connectivity index (χ0) is 13.8. The highest BCUT2D eigenvalue weighted by Crippen LogP contribution is 2.18. The summed E-state index contributed by atoms with van der Waals surface area (Å²) in [6, 6.07) is 7.11. The molecule has 1 unspecified atom stereocenters. The van der Waals surface area contributed by atoms with Gasteiger partial charge in [-0.2, -0.15) is 0 Å². The summed E-state index contributed by atoms with van der Waals surface area (Å²) < 4.78 is 0. The van der Waals surface area contributed by atoms with Gasteiger partial charge >= 0.3 is 12.0 Å². The molecule has 2 rings (SSSR count). The molecule has 1 aliphatic heterocycles. The molecule has 2 N–H and O–H groups in total. The molecule has 1 heterocycles. The first-order valence-corrected chi connectivity index (χ1v) is 6.44. The van der Waals surface area contributed by atoms with Crippen LogP contribution in [0.25, 0.3) is 0 Å². The molecule has 1 aromatic rings. The third kappa shape index (κ3) is 3.47. The quantitative estimate of drug-likeness (QED) is 0.878. The van der Waals surface area contributed by atoms with E-state index in [0.717, 1.165) is 19.4 Å². The molecule has 19 heavy (non-hydrogen) atoms. The number of carboxylic acid groups (broad SMARTS) is 1. The Morgan fingerprint density at radius 1 is 1.47 bits per heavy atom. The van der Waals surface area contributed by atoms with Crippen LogP contribution in [0.4, 0.5) is 10.5 Å². The average molecular weight is 262 g/mol. The molecule has 1 fully saturated rings. The maximum absolute atomic E-state index is 12.1. The Labute approximate surface area is 112 Å². The summed E-state index contributed by atoms with van der Waals surface area (Å²) in [7, 11) is 0. The van der Waals surface area contributed by atoms with Gasteiger partial charge in [-0.05, 0) is 37.5 Å². The zero-order valence-corrected chi connectivity index (χ0v) is 10.9. The molecule has 5 heteroatoms. The lowest BCUT2D eigenvalue weighted by molar-refractivity contribution is -0.136. The van der Waals surface area contributed by atoms with E-state index in [9.17, 15) is 9.59 Å². The Balaban J connectivity index is 2.02. The SMILES string of the molecule is CC1CCCN1C(=O)Nc1cccc(CC(=O)O)c1. The van der Waals surface area contributed by atoms with Gasteiger partial charge < -0.3 is 15.3 Å². The van der Waals surface area contributed by atoms with Gasteiger partial charge in [-0.15, -0.1) is 0 Å². The molecule has 0 aromatic heterocycles. The minimum Gasteiger partial charge on any atom is -0.481 e. The number of benzene rings is 1. The summed E-state index contributed by atoms with van der Waals surface area (Å²) in [5.41, 5.74) is 1.32. The molecule has 0 bridgehead atoms. The van der Waals surface area contributed by atoms with Crippen molar-refractivity contribution in [2.24, 2.45) is 0 Å². The maximum atomic E-state index is 12.1. The second kappa shape index (κ2) is 5.73. The van der Waals surface area contributed by atoms with Crippen LogP contribution in [0.5, 0.6) is 0 Å². The topological polar surface area (TPSA) is 69.6 Å². The first-order chi connectivity index (χ1) is 9.06. The van der Waals surface area contributed by atoms with Gasteiger partial charge in [0.1, 0.15) is 0 Å². The lowest BCUT2D eigenvalue weighted by Crippen LogP contribution is -2.37. The van der Waals surface area contributed by atoms with Crippen molar-refractivity contribution in [1.82, 2.24) is 4.90 Å². The largest absolute Gasteiger partial charge is 0.481 e. The highest BCUT2D eigenvalue weighted by Gasteiger charge is 2.24. The first kappa shape index (κ1) is 13.4. The maximum Gasteiger partial charge on any atom is 0.322 e. The summed E-state index contributed by atoms with van der Waals surface area (Å²) in [6.45, 7) is 2.81. The van der Waals surface area contributed by atoms with Crippen molar-refractivity contribution in [2.45, 2.75) is 32.2 Å². The Morgan fingerprint density at radius 3 is 2.89 bits per heavy atom. The molecule has 0 aliphatic carbocycles. The summed E-state index contributed by atoms with van der Waals surface area (Å²) in [5, 5.41) is 11.6. The Morgan fingerprint density at radius 2 is 2.26 bits per heavy atom. The number of hydrogen-bond donors (Lipinski definition) is 2. The number of carbonyl (C=O) groups excluding carboxylic acids is 1. The van der Waals surface area contributed by atoms with E-state index >= 15 is 0 Å². The fraction of sp³-hybridized carbons (Fsp3) is 0.429. The third-order valence-corrected chi connectivity index (χ3v) is 3.35. The number of rotatable bonds is 3. The van der Waals surface area contributed by atoms with E-state index in [2.05, 4.69) is 5.32 Å². The standard InChI is InChI=1S/C14H18N2O3/c1-10-4-3-7-16(10)14(19)15-12-6-2-5-11(8-12)9-13(17)18/h2,5-6,8,10H,3-4,7,9H2,1H3,(H,15,19)(H,17,18). The Hall–Kier alpha value is -2.04. The van der Waals surface area contributed by atoms with Crippen molar-refractivity contribution >= 4 is 17.7 Å². The van der Waals surface area contributed by atoms with Gasteiger partial charge in [-0.3, -0.25) is 4.79 Å². The van der Waals surface area contributed by atoms with Crippen LogP contribution in [-0.2, 0) is 11.2 Å². The molecule has 2 amide bonds. The monoisotopic (exact) mass is 262 g/mol. The molecule has 5 nitrogen and oxygen atoms in total. The Kier molecular flexibility index (Phi) is 4.04. The smallest absolute Gasteiger partial charge is 0.322 e. The van der Waals surface area contributed by atoms with E-state index in [0.29, 0.717) is 11.3 Å². The highest BCUT2D eigenvalue weighted by molar-refractivity contribution is 5.89. The van der Waals surface area contributed by atoms with Crippen LogP contribution in [0.2, 0.25) is 0 Å². The molecule has 102 valence electrons. The van der Waals surface area contributed by atoms with Crippen LogP contribution in [0.3, 0.4) is 0 Å². The highest BCUT2D eigenvalue weighted by atomic mass is 16.4. The van der Waals surface area contributed by atoms with Crippen molar-refractivity contribution in [3.05, 3.63) is 29.8 Å². The number of nitrogens with zero attached hydrogens (tertiary/aromatic N) is 1. The third-order valence-electron chi connectivity index (χ3n) is 3.35. The molecule has 0 saturated carbocycles. The van der Waals surface area contributed by atoms with Crippen LogP contribution < -0.4 is 5.32 Å². The summed E-state index contributed by atoms with van der Waals surface area (Å²) >= 11 is 0. The van der Waals surface area contributed by atoms with Crippen LogP contribution in [0, 0.1) is 0 Å². The zero-order valence-electron chi connectivity index (χ0n) is 10.9.